The van der Waals surface area contributed by atoms with Crippen molar-refractivity contribution < 1.29 is 29.4 Å². The fourth-order valence-corrected chi connectivity index (χ4v) is 3.02. The number of Topliss-reactive ketones (excluding diaryl/α,β-unsaturated/α-hetero) is 2. The predicted molar refractivity (Wildman–Crippen MR) is 107 cm³/mol. The van der Waals surface area contributed by atoms with E-state index >= 15 is 0 Å². The zero-order valence-corrected chi connectivity index (χ0v) is 17.0. The summed E-state index contributed by atoms with van der Waals surface area (Å²) in [5.74, 6) is -2.80. The molecule has 0 rings (SSSR count). The number of carbonyl (C=O) groups excluding carboxylic acids is 2. The van der Waals surface area contributed by atoms with E-state index in [1.165, 1.54) is 32.1 Å². The highest BCUT2D eigenvalue weighted by Gasteiger charge is 2.17. The lowest BCUT2D eigenvalue weighted by Crippen LogP contribution is -2.31. The van der Waals surface area contributed by atoms with Gasteiger partial charge in [-0.25, -0.2) is 0 Å². The predicted octanol–water partition coefficient (Wildman–Crippen LogP) is 3.86. The van der Waals surface area contributed by atoms with Gasteiger partial charge in [0.1, 0.15) is 6.04 Å². The molecular formula is C21H37NO6. The van der Waals surface area contributed by atoms with Gasteiger partial charge in [-0.15, -0.1) is 0 Å². The first kappa shape index (κ1) is 26.2. The third-order valence-electron chi connectivity index (χ3n) is 4.86. The minimum absolute atomic E-state index is 0.00222. The molecule has 7 heteroatoms. The number of unbranched alkanes of at least 4 members (excludes halogenated alkanes) is 11. The monoisotopic (exact) mass is 399 g/mol. The fraction of sp³-hybridized carbons (Fsp3) is 0.810. The summed E-state index contributed by atoms with van der Waals surface area (Å²) >= 11 is 0. The van der Waals surface area contributed by atoms with Crippen molar-refractivity contribution in [3.8, 4) is 0 Å². The number of hydrogen-bond donors (Lipinski definition) is 3. The Bertz CT molecular complexity index is 478. The van der Waals surface area contributed by atoms with E-state index in [-0.39, 0.29) is 25.7 Å². The first-order valence-electron chi connectivity index (χ1n) is 10.6. The highest BCUT2D eigenvalue weighted by molar-refractivity contribution is 6.37. The Hall–Kier alpha value is -1.76. The standard InChI is InChI=1S/C21H37NO6/c22-17(21(27)28)15-16-19(24)18(23)13-11-9-7-5-3-1-2-4-6-8-10-12-14-20(25)26/h17H,1-16,22H2,(H,25,26)(H,27,28)/t17-/m0/s1. The average Bonchev–Trinajstić information content (AvgIpc) is 2.65. The van der Waals surface area contributed by atoms with Crippen LogP contribution in [-0.4, -0.2) is 39.8 Å². The molecule has 0 heterocycles. The van der Waals surface area contributed by atoms with Crippen molar-refractivity contribution in [2.24, 2.45) is 5.73 Å². The number of aliphatic carboxylic acids is 2. The second kappa shape index (κ2) is 17.3. The van der Waals surface area contributed by atoms with Gasteiger partial charge in [-0.2, -0.15) is 0 Å². The lowest BCUT2D eigenvalue weighted by Gasteiger charge is -2.05. The van der Waals surface area contributed by atoms with E-state index in [2.05, 4.69) is 0 Å². The highest BCUT2D eigenvalue weighted by atomic mass is 16.4. The molecule has 0 unspecified atom stereocenters. The molecule has 162 valence electrons. The van der Waals surface area contributed by atoms with Gasteiger partial charge in [0.2, 0.25) is 0 Å². The lowest BCUT2D eigenvalue weighted by atomic mass is 10.0. The van der Waals surface area contributed by atoms with Crippen LogP contribution in [-0.2, 0) is 19.2 Å². The summed E-state index contributed by atoms with van der Waals surface area (Å²) in [6.45, 7) is 0. The Labute approximate surface area is 168 Å². The Morgan fingerprint density at radius 2 is 0.929 bits per heavy atom. The first-order valence-corrected chi connectivity index (χ1v) is 10.6. The Morgan fingerprint density at radius 1 is 0.571 bits per heavy atom. The number of ketones is 2. The van der Waals surface area contributed by atoms with Gasteiger partial charge >= 0.3 is 11.9 Å². The van der Waals surface area contributed by atoms with Crippen LogP contribution in [0.1, 0.15) is 103 Å². The second-order valence-corrected chi connectivity index (χ2v) is 7.47. The van der Waals surface area contributed by atoms with Gasteiger partial charge in [-0.05, 0) is 19.3 Å². The molecule has 0 aliphatic heterocycles. The first-order chi connectivity index (χ1) is 13.3. The Morgan fingerprint density at radius 3 is 1.32 bits per heavy atom. The SMILES string of the molecule is N[C@@H](CCC(=O)C(=O)CCCCCCCCCCCCCCC(=O)O)C(=O)O. The van der Waals surface area contributed by atoms with Gasteiger partial charge in [0.15, 0.2) is 11.6 Å². The number of carboxylic acids is 2. The van der Waals surface area contributed by atoms with E-state index < -0.39 is 29.5 Å². The van der Waals surface area contributed by atoms with Crippen molar-refractivity contribution in [3.05, 3.63) is 0 Å². The van der Waals surface area contributed by atoms with Crippen LogP contribution in [0.15, 0.2) is 0 Å². The molecule has 0 radical (unpaired) electrons. The van der Waals surface area contributed by atoms with E-state index in [4.69, 9.17) is 15.9 Å². The van der Waals surface area contributed by atoms with Crippen LogP contribution in [0, 0.1) is 0 Å². The maximum atomic E-state index is 11.7. The second-order valence-electron chi connectivity index (χ2n) is 7.47. The third-order valence-corrected chi connectivity index (χ3v) is 4.86. The van der Waals surface area contributed by atoms with Gasteiger partial charge in [0.25, 0.3) is 0 Å². The zero-order chi connectivity index (χ0) is 21.2. The molecule has 0 aliphatic carbocycles. The smallest absolute Gasteiger partial charge is 0.320 e. The van der Waals surface area contributed by atoms with Gasteiger partial charge in [-0.3, -0.25) is 19.2 Å². The molecule has 0 bridgehead atoms. The third kappa shape index (κ3) is 16.4. The molecule has 0 fully saturated rings. The van der Waals surface area contributed by atoms with Crippen LogP contribution in [0.2, 0.25) is 0 Å². The molecule has 0 spiro atoms. The summed E-state index contributed by atoms with van der Waals surface area (Å²) in [6, 6.07) is -1.09. The Balaban J connectivity index is 3.38. The normalized spacial score (nSPS) is 11.9. The molecule has 4 N–H and O–H groups in total. The van der Waals surface area contributed by atoms with Crippen LogP contribution in [0.5, 0.6) is 0 Å². The number of carboxylic acid groups (broad SMARTS) is 2. The van der Waals surface area contributed by atoms with Crippen molar-refractivity contribution in [2.45, 2.75) is 109 Å². The van der Waals surface area contributed by atoms with Crippen LogP contribution < -0.4 is 5.73 Å². The fourth-order valence-electron chi connectivity index (χ4n) is 3.02. The van der Waals surface area contributed by atoms with Gasteiger partial charge in [0.05, 0.1) is 0 Å². The average molecular weight is 400 g/mol. The van der Waals surface area contributed by atoms with Crippen LogP contribution in [0.4, 0.5) is 0 Å². The molecule has 0 saturated heterocycles. The minimum Gasteiger partial charge on any atom is -0.481 e. The molecule has 0 aromatic heterocycles. The van der Waals surface area contributed by atoms with E-state index in [1.54, 1.807) is 0 Å². The number of carbonyl (C=O) groups is 4. The van der Waals surface area contributed by atoms with Crippen molar-refractivity contribution in [1.29, 1.82) is 0 Å². The van der Waals surface area contributed by atoms with Gasteiger partial charge < -0.3 is 15.9 Å². The summed E-state index contributed by atoms with van der Waals surface area (Å²) in [4.78, 5) is 44.3. The molecular weight excluding hydrogens is 362 g/mol. The van der Waals surface area contributed by atoms with Crippen molar-refractivity contribution in [1.82, 2.24) is 0 Å². The highest BCUT2D eigenvalue weighted by Crippen LogP contribution is 2.13. The van der Waals surface area contributed by atoms with Crippen molar-refractivity contribution in [2.75, 3.05) is 0 Å². The zero-order valence-electron chi connectivity index (χ0n) is 17.0. The van der Waals surface area contributed by atoms with E-state index in [1.807, 2.05) is 0 Å². The lowest BCUT2D eigenvalue weighted by molar-refractivity contribution is -0.140. The molecule has 1 atom stereocenters. The van der Waals surface area contributed by atoms with Crippen LogP contribution in [0.3, 0.4) is 0 Å². The summed E-state index contributed by atoms with van der Waals surface area (Å²) in [5.41, 5.74) is 5.32. The topological polar surface area (TPSA) is 135 Å². The number of rotatable bonds is 20. The van der Waals surface area contributed by atoms with Crippen molar-refractivity contribution >= 4 is 23.5 Å². The van der Waals surface area contributed by atoms with E-state index in [0.717, 1.165) is 38.5 Å². The van der Waals surface area contributed by atoms with Crippen molar-refractivity contribution in [3.63, 3.8) is 0 Å². The minimum atomic E-state index is -1.16. The molecule has 0 aromatic rings. The van der Waals surface area contributed by atoms with Gasteiger partial charge in [0, 0.05) is 19.3 Å². The Kier molecular flexibility index (Phi) is 16.3. The molecule has 7 nitrogen and oxygen atoms in total. The summed E-state index contributed by atoms with van der Waals surface area (Å²) in [6.07, 6.45) is 13.1. The molecule has 0 aliphatic rings. The molecule has 0 aromatic carbocycles. The molecule has 0 amide bonds. The maximum Gasteiger partial charge on any atom is 0.320 e. The van der Waals surface area contributed by atoms with Gasteiger partial charge in [-0.1, -0.05) is 64.2 Å². The number of hydrogen-bond acceptors (Lipinski definition) is 5. The summed E-state index contributed by atoms with van der Waals surface area (Å²) in [7, 11) is 0. The maximum absolute atomic E-state index is 11.7. The molecule has 0 saturated carbocycles. The summed E-state index contributed by atoms with van der Waals surface area (Å²) < 4.78 is 0. The van der Waals surface area contributed by atoms with Crippen LogP contribution >= 0.6 is 0 Å². The summed E-state index contributed by atoms with van der Waals surface area (Å²) in [5, 5.41) is 17.2. The van der Waals surface area contributed by atoms with E-state index in [0.29, 0.717) is 6.42 Å². The quantitative estimate of drug-likeness (QED) is 0.209. The van der Waals surface area contributed by atoms with E-state index in [9.17, 15) is 19.2 Å². The molecule has 28 heavy (non-hydrogen) atoms. The van der Waals surface area contributed by atoms with Crippen LogP contribution in [0.25, 0.3) is 0 Å². The largest absolute Gasteiger partial charge is 0.481 e. The number of nitrogens with two attached hydrogens (primary N) is 1.